The molecule has 3 rings (SSSR count). The molecule has 29 heavy (non-hydrogen) atoms. The highest BCUT2D eigenvalue weighted by molar-refractivity contribution is 5.94. The fraction of sp³-hybridized carbons (Fsp3) is 0.174. The van der Waals surface area contributed by atoms with E-state index in [0.29, 0.717) is 23.5 Å². The van der Waals surface area contributed by atoms with Crippen LogP contribution in [0.4, 0.5) is 5.69 Å². The Bertz CT molecular complexity index is 1000. The number of pyridine rings is 1. The van der Waals surface area contributed by atoms with Gasteiger partial charge in [-0.15, -0.1) is 0 Å². The molecule has 0 fully saturated rings. The van der Waals surface area contributed by atoms with Crippen LogP contribution >= 0.6 is 0 Å². The first-order chi connectivity index (χ1) is 14.0. The van der Waals surface area contributed by atoms with Crippen LogP contribution in [0, 0.1) is 13.8 Å². The summed E-state index contributed by atoms with van der Waals surface area (Å²) in [6, 6.07) is 16.6. The third-order valence-electron chi connectivity index (χ3n) is 4.28. The van der Waals surface area contributed by atoms with Gasteiger partial charge in [0.05, 0.1) is 5.56 Å². The number of aryl methyl sites for hydroxylation is 2. The minimum atomic E-state index is -0.249. The Hall–Kier alpha value is -3.67. The predicted molar refractivity (Wildman–Crippen MR) is 112 cm³/mol. The number of anilines is 1. The number of nitrogens with one attached hydrogen (secondary N) is 2. The van der Waals surface area contributed by atoms with Crippen molar-refractivity contribution in [2.75, 3.05) is 11.9 Å². The third kappa shape index (κ3) is 5.90. The average molecular weight is 389 g/mol. The standard InChI is InChI=1S/C23H23N3O3/c1-16-8-9-21(17(2)11-16)29-15-22(27)26-20-7-3-5-18(12-20)13-25-23(28)19-6-4-10-24-14-19/h3-12,14H,13,15H2,1-2H3,(H,25,28)(H,26,27). The molecule has 0 unspecified atom stereocenters. The van der Waals surface area contributed by atoms with E-state index in [2.05, 4.69) is 15.6 Å². The highest BCUT2D eigenvalue weighted by atomic mass is 16.5. The number of ether oxygens (including phenoxy) is 1. The van der Waals surface area contributed by atoms with Crippen molar-refractivity contribution in [3.63, 3.8) is 0 Å². The SMILES string of the molecule is Cc1ccc(OCC(=O)Nc2cccc(CNC(=O)c3cccnc3)c2)c(C)c1. The largest absolute Gasteiger partial charge is 0.483 e. The topological polar surface area (TPSA) is 80.3 Å². The van der Waals surface area contributed by atoms with Crippen molar-refractivity contribution in [2.24, 2.45) is 0 Å². The van der Waals surface area contributed by atoms with E-state index >= 15 is 0 Å². The van der Waals surface area contributed by atoms with E-state index in [1.54, 1.807) is 24.4 Å². The van der Waals surface area contributed by atoms with Crippen LogP contribution in [-0.2, 0) is 11.3 Å². The summed E-state index contributed by atoms with van der Waals surface area (Å²) in [4.78, 5) is 28.3. The second-order valence-corrected chi connectivity index (χ2v) is 6.73. The molecule has 0 radical (unpaired) electrons. The molecule has 2 N–H and O–H groups in total. The second kappa shape index (κ2) is 9.50. The lowest BCUT2D eigenvalue weighted by Crippen LogP contribution is -2.23. The fourth-order valence-electron chi connectivity index (χ4n) is 2.84. The van der Waals surface area contributed by atoms with E-state index in [1.165, 1.54) is 6.20 Å². The van der Waals surface area contributed by atoms with Gasteiger partial charge < -0.3 is 15.4 Å². The van der Waals surface area contributed by atoms with Crippen LogP contribution in [0.15, 0.2) is 67.0 Å². The lowest BCUT2D eigenvalue weighted by Gasteiger charge is -2.11. The molecule has 0 aliphatic rings. The van der Waals surface area contributed by atoms with Gasteiger partial charge in [-0.1, -0.05) is 29.8 Å². The zero-order valence-corrected chi connectivity index (χ0v) is 16.4. The van der Waals surface area contributed by atoms with Crippen LogP contribution < -0.4 is 15.4 Å². The van der Waals surface area contributed by atoms with Gasteiger partial charge >= 0.3 is 0 Å². The van der Waals surface area contributed by atoms with E-state index in [4.69, 9.17) is 4.74 Å². The van der Waals surface area contributed by atoms with Gasteiger partial charge in [-0.05, 0) is 55.3 Å². The van der Waals surface area contributed by atoms with Crippen LogP contribution in [0.5, 0.6) is 5.75 Å². The van der Waals surface area contributed by atoms with Gasteiger partial charge in [0.25, 0.3) is 11.8 Å². The molecule has 0 aliphatic carbocycles. The molecule has 0 atom stereocenters. The lowest BCUT2D eigenvalue weighted by molar-refractivity contribution is -0.118. The molecular weight excluding hydrogens is 366 g/mol. The predicted octanol–water partition coefficient (Wildman–Crippen LogP) is 3.65. The monoisotopic (exact) mass is 389 g/mol. The molecule has 3 aromatic rings. The molecular formula is C23H23N3O3. The maximum Gasteiger partial charge on any atom is 0.262 e. The quantitative estimate of drug-likeness (QED) is 0.646. The third-order valence-corrected chi connectivity index (χ3v) is 4.28. The van der Waals surface area contributed by atoms with Crippen molar-refractivity contribution >= 4 is 17.5 Å². The lowest BCUT2D eigenvalue weighted by atomic mass is 10.1. The molecule has 1 aromatic heterocycles. The Morgan fingerprint density at radius 3 is 2.66 bits per heavy atom. The molecule has 0 spiro atoms. The van der Waals surface area contributed by atoms with Gasteiger partial charge in [-0.2, -0.15) is 0 Å². The summed E-state index contributed by atoms with van der Waals surface area (Å²) in [6.45, 7) is 4.22. The first-order valence-electron chi connectivity index (χ1n) is 9.28. The number of hydrogen-bond donors (Lipinski definition) is 2. The maximum atomic E-state index is 12.2. The number of aromatic nitrogens is 1. The van der Waals surface area contributed by atoms with Crippen molar-refractivity contribution in [2.45, 2.75) is 20.4 Å². The summed E-state index contributed by atoms with van der Waals surface area (Å²) in [5.41, 5.74) is 4.15. The van der Waals surface area contributed by atoms with Gasteiger partial charge in [0, 0.05) is 24.6 Å². The van der Waals surface area contributed by atoms with Gasteiger partial charge in [0.1, 0.15) is 5.75 Å². The van der Waals surface area contributed by atoms with Crippen LogP contribution in [0.3, 0.4) is 0 Å². The summed E-state index contributed by atoms with van der Waals surface area (Å²) < 4.78 is 5.61. The van der Waals surface area contributed by atoms with Crippen molar-refractivity contribution in [3.8, 4) is 5.75 Å². The first-order valence-corrected chi connectivity index (χ1v) is 9.28. The number of amides is 2. The van der Waals surface area contributed by atoms with E-state index in [0.717, 1.165) is 16.7 Å². The van der Waals surface area contributed by atoms with E-state index in [1.807, 2.05) is 50.2 Å². The first kappa shape index (κ1) is 20.1. The maximum absolute atomic E-state index is 12.2. The summed E-state index contributed by atoms with van der Waals surface area (Å²) in [5, 5.41) is 5.65. The van der Waals surface area contributed by atoms with Crippen LogP contribution in [0.25, 0.3) is 0 Å². The molecule has 1 heterocycles. The summed E-state index contributed by atoms with van der Waals surface area (Å²) in [7, 11) is 0. The van der Waals surface area contributed by atoms with Gasteiger partial charge in [0.2, 0.25) is 0 Å². The number of carbonyl (C=O) groups excluding carboxylic acids is 2. The van der Waals surface area contributed by atoms with Crippen LogP contribution in [0.1, 0.15) is 27.0 Å². The molecule has 0 bridgehead atoms. The summed E-state index contributed by atoms with van der Waals surface area (Å²) in [5.74, 6) is 0.244. The summed E-state index contributed by atoms with van der Waals surface area (Å²) >= 11 is 0. The molecule has 6 heteroatoms. The molecule has 2 aromatic carbocycles. The smallest absolute Gasteiger partial charge is 0.262 e. The van der Waals surface area contributed by atoms with Crippen LogP contribution in [0.2, 0.25) is 0 Å². The fourth-order valence-corrected chi connectivity index (χ4v) is 2.84. The molecule has 0 saturated carbocycles. The number of nitrogens with zero attached hydrogens (tertiary/aromatic N) is 1. The minimum absolute atomic E-state index is 0.0775. The Morgan fingerprint density at radius 1 is 1.03 bits per heavy atom. The number of carbonyl (C=O) groups is 2. The van der Waals surface area contributed by atoms with Crippen molar-refractivity contribution < 1.29 is 14.3 Å². The Labute approximate surface area is 169 Å². The normalized spacial score (nSPS) is 10.3. The number of hydrogen-bond acceptors (Lipinski definition) is 4. The zero-order chi connectivity index (χ0) is 20.6. The van der Waals surface area contributed by atoms with Gasteiger partial charge in [-0.3, -0.25) is 14.6 Å². The molecule has 2 amide bonds. The van der Waals surface area contributed by atoms with Crippen molar-refractivity contribution in [3.05, 3.63) is 89.2 Å². The van der Waals surface area contributed by atoms with Gasteiger partial charge in [0.15, 0.2) is 6.61 Å². The second-order valence-electron chi connectivity index (χ2n) is 6.73. The van der Waals surface area contributed by atoms with Gasteiger partial charge in [-0.25, -0.2) is 0 Å². The van der Waals surface area contributed by atoms with Crippen molar-refractivity contribution in [1.82, 2.24) is 10.3 Å². The number of benzene rings is 2. The Balaban J connectivity index is 1.52. The highest BCUT2D eigenvalue weighted by Crippen LogP contribution is 2.18. The molecule has 0 saturated heterocycles. The molecule has 6 nitrogen and oxygen atoms in total. The van der Waals surface area contributed by atoms with E-state index in [9.17, 15) is 9.59 Å². The Kier molecular flexibility index (Phi) is 6.58. The molecule has 148 valence electrons. The van der Waals surface area contributed by atoms with Crippen molar-refractivity contribution in [1.29, 1.82) is 0 Å². The average Bonchev–Trinajstić information content (AvgIpc) is 2.72. The highest BCUT2D eigenvalue weighted by Gasteiger charge is 2.08. The van der Waals surface area contributed by atoms with E-state index < -0.39 is 0 Å². The van der Waals surface area contributed by atoms with Crippen LogP contribution in [-0.4, -0.2) is 23.4 Å². The molecule has 0 aliphatic heterocycles. The Morgan fingerprint density at radius 2 is 1.90 bits per heavy atom. The minimum Gasteiger partial charge on any atom is -0.483 e. The summed E-state index contributed by atoms with van der Waals surface area (Å²) in [6.07, 6.45) is 3.13. The van der Waals surface area contributed by atoms with E-state index in [-0.39, 0.29) is 18.4 Å². The zero-order valence-electron chi connectivity index (χ0n) is 16.4. The number of rotatable bonds is 7.